The highest BCUT2D eigenvalue weighted by Crippen LogP contribution is 2.31. The van der Waals surface area contributed by atoms with Crippen LogP contribution in [-0.4, -0.2) is 37.5 Å². The molecular formula is C25H22ClFN2O4S. The first kappa shape index (κ1) is 23.8. The van der Waals surface area contributed by atoms with Gasteiger partial charge in [-0.15, -0.1) is 0 Å². The summed E-state index contributed by atoms with van der Waals surface area (Å²) in [5, 5.41) is 2.83. The molecule has 1 aromatic heterocycles. The molecule has 0 saturated heterocycles. The van der Waals surface area contributed by atoms with E-state index in [4.69, 9.17) is 22.1 Å². The maximum Gasteiger partial charge on any atom is 0.252 e. The van der Waals surface area contributed by atoms with Crippen molar-refractivity contribution in [3.8, 4) is 5.75 Å². The summed E-state index contributed by atoms with van der Waals surface area (Å²) in [6.07, 6.45) is 2.89. The van der Waals surface area contributed by atoms with Crippen molar-refractivity contribution < 1.29 is 22.3 Å². The zero-order valence-electron chi connectivity index (χ0n) is 18.3. The fraction of sp³-hybridized carbons (Fsp3) is 0.160. The number of rotatable bonds is 8. The predicted molar refractivity (Wildman–Crippen MR) is 134 cm³/mol. The Morgan fingerprint density at radius 2 is 1.88 bits per heavy atom. The quantitative estimate of drug-likeness (QED) is 0.375. The Hall–Kier alpha value is -3.36. The maximum atomic E-state index is 13.9. The molecule has 176 valence electrons. The van der Waals surface area contributed by atoms with Gasteiger partial charge in [-0.2, -0.15) is 0 Å². The number of primary amides is 1. The van der Waals surface area contributed by atoms with Gasteiger partial charge in [-0.3, -0.25) is 4.79 Å². The van der Waals surface area contributed by atoms with E-state index in [1.807, 2.05) is 6.07 Å². The summed E-state index contributed by atoms with van der Waals surface area (Å²) in [6.45, 7) is 4.30. The number of carbonyl (C=O) groups is 1. The Balaban J connectivity index is 1.65. The minimum atomic E-state index is -3.21. The molecule has 3 aromatic carbocycles. The summed E-state index contributed by atoms with van der Waals surface area (Å²) in [5.41, 5.74) is 7.59. The highest BCUT2D eigenvalue weighted by atomic mass is 35.5. The Kier molecular flexibility index (Phi) is 6.38. The second-order valence-corrected chi connectivity index (χ2v) is 10.8. The lowest BCUT2D eigenvalue weighted by Gasteiger charge is -2.13. The van der Waals surface area contributed by atoms with E-state index in [1.165, 1.54) is 12.1 Å². The molecule has 0 saturated carbocycles. The fourth-order valence-corrected chi connectivity index (χ4v) is 4.51. The summed E-state index contributed by atoms with van der Waals surface area (Å²) in [7, 11) is -3.21. The molecule has 1 heterocycles. The average Bonchev–Trinajstić information content (AvgIpc) is 3.12. The molecule has 0 atom stereocenters. The van der Waals surface area contributed by atoms with E-state index in [0.29, 0.717) is 32.8 Å². The van der Waals surface area contributed by atoms with Gasteiger partial charge in [-0.25, -0.2) is 12.8 Å². The highest BCUT2D eigenvalue weighted by molar-refractivity contribution is 7.90. The summed E-state index contributed by atoms with van der Waals surface area (Å²) >= 11 is 6.05. The number of sulfone groups is 1. The van der Waals surface area contributed by atoms with Crippen LogP contribution in [0.4, 0.5) is 4.39 Å². The first-order valence-electron chi connectivity index (χ1n) is 10.3. The lowest BCUT2D eigenvalue weighted by Crippen LogP contribution is -2.13. The van der Waals surface area contributed by atoms with Crippen molar-refractivity contribution in [3.63, 3.8) is 0 Å². The average molecular weight is 501 g/mol. The smallest absolute Gasteiger partial charge is 0.252 e. The van der Waals surface area contributed by atoms with Crippen molar-refractivity contribution in [2.75, 3.05) is 18.6 Å². The number of benzene rings is 3. The lowest BCUT2D eigenvalue weighted by molar-refractivity contribution is 0.0997. The van der Waals surface area contributed by atoms with Gasteiger partial charge in [0.25, 0.3) is 5.91 Å². The van der Waals surface area contributed by atoms with E-state index in [1.54, 1.807) is 41.1 Å². The van der Waals surface area contributed by atoms with E-state index in [9.17, 15) is 17.6 Å². The van der Waals surface area contributed by atoms with Crippen molar-refractivity contribution in [3.05, 3.63) is 83.3 Å². The van der Waals surface area contributed by atoms with Gasteiger partial charge in [-0.05, 0) is 58.8 Å². The van der Waals surface area contributed by atoms with Crippen LogP contribution in [-0.2, 0) is 16.4 Å². The standard InChI is InChI=1S/C25H22ClFN2O4S/c1-15(14-33-24-11-16-3-4-18(26)9-17(16)10-21(24)25(28)30)22-13-29(7-8-34(2,31)32)23-12-19(27)5-6-20(22)23/h3-6,9-13H,1,7-8,14H2,2H3,(H2,28,30). The number of halogens is 2. The molecule has 0 aliphatic heterocycles. The van der Waals surface area contributed by atoms with Crippen LogP contribution in [0.25, 0.3) is 27.2 Å². The molecular weight excluding hydrogens is 479 g/mol. The highest BCUT2D eigenvalue weighted by Gasteiger charge is 2.16. The van der Waals surface area contributed by atoms with Gasteiger partial charge >= 0.3 is 0 Å². The third-order valence-corrected chi connectivity index (χ3v) is 6.66. The van der Waals surface area contributed by atoms with Crippen LogP contribution in [0.3, 0.4) is 0 Å². The van der Waals surface area contributed by atoms with E-state index in [0.717, 1.165) is 17.0 Å². The number of aromatic nitrogens is 1. The molecule has 0 spiro atoms. The van der Waals surface area contributed by atoms with Gasteiger partial charge in [0.15, 0.2) is 0 Å². The van der Waals surface area contributed by atoms with Crippen molar-refractivity contribution >= 4 is 54.6 Å². The van der Waals surface area contributed by atoms with Gasteiger partial charge in [0.05, 0.1) is 16.8 Å². The minimum Gasteiger partial charge on any atom is -0.488 e. The van der Waals surface area contributed by atoms with Crippen molar-refractivity contribution in [2.24, 2.45) is 5.73 Å². The van der Waals surface area contributed by atoms with Crippen molar-refractivity contribution in [2.45, 2.75) is 6.54 Å². The molecule has 4 aromatic rings. The van der Waals surface area contributed by atoms with E-state index in [2.05, 4.69) is 6.58 Å². The second-order valence-electron chi connectivity index (χ2n) is 8.12. The minimum absolute atomic E-state index is 0.0297. The molecule has 0 aliphatic rings. The number of ether oxygens (including phenoxy) is 1. The zero-order chi connectivity index (χ0) is 24.6. The third kappa shape index (κ3) is 5.08. The van der Waals surface area contributed by atoms with Crippen LogP contribution in [0.2, 0.25) is 5.02 Å². The Labute approximate surface area is 201 Å². The maximum absolute atomic E-state index is 13.9. The molecule has 34 heavy (non-hydrogen) atoms. The van der Waals surface area contributed by atoms with Gasteiger partial charge in [0.1, 0.15) is 28.0 Å². The molecule has 0 fully saturated rings. The van der Waals surface area contributed by atoms with Crippen LogP contribution >= 0.6 is 11.6 Å². The monoisotopic (exact) mass is 500 g/mol. The van der Waals surface area contributed by atoms with Gasteiger partial charge in [0, 0.05) is 35.0 Å². The molecule has 0 aliphatic carbocycles. The number of fused-ring (bicyclic) bond motifs is 2. The number of amides is 1. The molecule has 0 bridgehead atoms. The van der Waals surface area contributed by atoms with Crippen LogP contribution in [0, 0.1) is 5.82 Å². The Morgan fingerprint density at radius 1 is 1.12 bits per heavy atom. The summed E-state index contributed by atoms with van der Waals surface area (Å²) in [5.74, 6) is -0.855. The normalized spacial score (nSPS) is 11.7. The summed E-state index contributed by atoms with van der Waals surface area (Å²) in [6, 6.07) is 12.9. The molecule has 0 radical (unpaired) electrons. The number of aryl methyl sites for hydroxylation is 1. The SMILES string of the molecule is C=C(COc1cc2ccc(Cl)cc2cc1C(N)=O)c1cn(CCS(C)(=O)=O)c2cc(F)ccc12. The van der Waals surface area contributed by atoms with E-state index in [-0.39, 0.29) is 24.5 Å². The number of nitrogens with zero attached hydrogens (tertiary/aromatic N) is 1. The molecule has 0 unspecified atom stereocenters. The van der Waals surface area contributed by atoms with Crippen molar-refractivity contribution in [1.82, 2.24) is 4.57 Å². The molecule has 4 rings (SSSR count). The fourth-order valence-electron chi connectivity index (χ4n) is 3.80. The lowest BCUT2D eigenvalue weighted by atomic mass is 10.0. The molecule has 6 nitrogen and oxygen atoms in total. The van der Waals surface area contributed by atoms with Gasteiger partial charge in [-0.1, -0.05) is 24.2 Å². The molecule has 9 heteroatoms. The van der Waals surface area contributed by atoms with E-state index < -0.39 is 21.6 Å². The topological polar surface area (TPSA) is 91.4 Å². The summed E-state index contributed by atoms with van der Waals surface area (Å²) in [4.78, 5) is 12.0. The first-order valence-corrected chi connectivity index (χ1v) is 12.8. The first-order chi connectivity index (χ1) is 16.0. The van der Waals surface area contributed by atoms with Crippen LogP contribution in [0.5, 0.6) is 5.75 Å². The largest absolute Gasteiger partial charge is 0.488 e. The van der Waals surface area contributed by atoms with E-state index >= 15 is 0 Å². The zero-order valence-corrected chi connectivity index (χ0v) is 19.9. The number of nitrogens with two attached hydrogens (primary N) is 1. The summed E-state index contributed by atoms with van der Waals surface area (Å²) < 4.78 is 44.8. The third-order valence-electron chi connectivity index (χ3n) is 5.50. The second kappa shape index (κ2) is 9.12. The van der Waals surface area contributed by atoms with Gasteiger partial charge in [0.2, 0.25) is 0 Å². The number of hydrogen-bond donors (Lipinski definition) is 1. The number of carbonyl (C=O) groups excluding carboxylic acids is 1. The molecule has 1 amide bonds. The van der Waals surface area contributed by atoms with Crippen LogP contribution < -0.4 is 10.5 Å². The Bertz CT molecular complexity index is 1560. The Morgan fingerprint density at radius 3 is 2.59 bits per heavy atom. The predicted octanol–water partition coefficient (Wildman–Crippen LogP) is 4.82. The van der Waals surface area contributed by atoms with Crippen molar-refractivity contribution in [1.29, 1.82) is 0 Å². The van der Waals surface area contributed by atoms with Crippen LogP contribution in [0.1, 0.15) is 15.9 Å². The number of hydrogen-bond acceptors (Lipinski definition) is 4. The molecule has 2 N–H and O–H groups in total. The van der Waals surface area contributed by atoms with Crippen LogP contribution in [0.15, 0.2) is 61.3 Å². The van der Waals surface area contributed by atoms with Gasteiger partial charge < -0.3 is 15.0 Å².